The highest BCUT2D eigenvalue weighted by Gasteiger charge is 2.06. The third-order valence-corrected chi connectivity index (χ3v) is 4.97. The van der Waals surface area contributed by atoms with Crippen LogP contribution >= 0.6 is 0 Å². The molecule has 0 atom stereocenters. The van der Waals surface area contributed by atoms with Gasteiger partial charge in [-0.15, -0.1) is 0 Å². The lowest BCUT2D eigenvalue weighted by molar-refractivity contribution is 0.0955. The molecule has 0 radical (unpaired) electrons. The number of hydrazone groups is 1. The quantitative estimate of drug-likeness (QED) is 0.232. The summed E-state index contributed by atoms with van der Waals surface area (Å²) in [7, 11) is 0. The van der Waals surface area contributed by atoms with E-state index >= 15 is 0 Å². The Labute approximate surface area is 179 Å². The second-order valence-electron chi connectivity index (χ2n) is 7.49. The molecule has 162 valence electrons. The highest BCUT2D eigenvalue weighted by Crippen LogP contribution is 2.14. The van der Waals surface area contributed by atoms with Crippen LogP contribution in [0.4, 0.5) is 4.39 Å². The average Bonchev–Trinajstić information content (AvgIpc) is 2.77. The molecule has 0 spiro atoms. The zero-order valence-corrected chi connectivity index (χ0v) is 18.1. The third-order valence-electron chi connectivity index (χ3n) is 4.97. The van der Waals surface area contributed by atoms with Crippen molar-refractivity contribution in [1.82, 2.24) is 5.43 Å². The van der Waals surface area contributed by atoms with Crippen molar-refractivity contribution in [3.8, 4) is 5.75 Å². The molecular formula is C25H33FN2O2. The average molecular weight is 413 g/mol. The van der Waals surface area contributed by atoms with E-state index < -0.39 is 0 Å². The Balaban J connectivity index is 1.68. The molecule has 0 aliphatic heterocycles. The van der Waals surface area contributed by atoms with Crippen molar-refractivity contribution in [3.63, 3.8) is 0 Å². The molecule has 2 aromatic carbocycles. The number of carbonyl (C=O) groups is 1. The maximum absolute atomic E-state index is 13.0. The number of hydrogen-bond donors (Lipinski definition) is 1. The fraction of sp³-hybridized carbons (Fsp3) is 0.440. The first-order valence-corrected chi connectivity index (χ1v) is 10.9. The molecule has 0 heterocycles. The summed E-state index contributed by atoms with van der Waals surface area (Å²) in [6.45, 7) is 4.69. The zero-order chi connectivity index (χ0) is 21.6. The molecule has 0 unspecified atom stereocenters. The van der Waals surface area contributed by atoms with Crippen molar-refractivity contribution in [2.45, 2.75) is 65.2 Å². The number of ether oxygens (including phenoxy) is 1. The van der Waals surface area contributed by atoms with Crippen LogP contribution in [0.3, 0.4) is 0 Å². The second-order valence-corrected chi connectivity index (χ2v) is 7.49. The minimum atomic E-state index is -0.305. The van der Waals surface area contributed by atoms with E-state index in [9.17, 15) is 9.18 Å². The van der Waals surface area contributed by atoms with Crippen LogP contribution in [0.15, 0.2) is 53.6 Å². The maximum atomic E-state index is 13.0. The largest absolute Gasteiger partial charge is 0.494 e. The van der Waals surface area contributed by atoms with Crippen molar-refractivity contribution in [2.24, 2.45) is 5.10 Å². The van der Waals surface area contributed by atoms with Crippen molar-refractivity contribution < 1.29 is 13.9 Å². The summed E-state index contributed by atoms with van der Waals surface area (Å²) in [5.41, 5.74) is 4.39. The summed E-state index contributed by atoms with van der Waals surface area (Å²) in [5.74, 6) is 0.159. The van der Waals surface area contributed by atoms with Crippen LogP contribution in [-0.4, -0.2) is 18.2 Å². The molecule has 0 saturated carbocycles. The summed E-state index contributed by atoms with van der Waals surface area (Å²) >= 11 is 0. The monoisotopic (exact) mass is 412 g/mol. The minimum absolute atomic E-state index is 0.300. The van der Waals surface area contributed by atoms with E-state index in [4.69, 9.17) is 4.74 Å². The summed E-state index contributed by atoms with van der Waals surface area (Å²) in [6, 6.07) is 13.0. The van der Waals surface area contributed by atoms with Crippen LogP contribution < -0.4 is 10.2 Å². The molecule has 0 aliphatic carbocycles. The lowest BCUT2D eigenvalue weighted by Crippen LogP contribution is -2.19. The number of hydrogen-bond acceptors (Lipinski definition) is 3. The van der Waals surface area contributed by atoms with Crippen LogP contribution in [0, 0.1) is 5.82 Å². The molecule has 0 aliphatic rings. The van der Waals surface area contributed by atoms with Gasteiger partial charge in [0.25, 0.3) is 5.91 Å². The Morgan fingerprint density at radius 1 is 0.867 bits per heavy atom. The number of halogens is 1. The van der Waals surface area contributed by atoms with E-state index in [2.05, 4.69) is 17.5 Å². The standard InChI is InChI=1S/C25H33FN2O2/c1-3-4-5-6-7-8-9-10-19-30-24-17-13-22(14-18-24)25(29)28-27-20(2)21-11-15-23(26)16-12-21/h11-18H,3-10,19H2,1-2H3,(H,28,29)/b27-20-. The van der Waals surface area contributed by atoms with Gasteiger partial charge in [-0.05, 0) is 55.3 Å². The topological polar surface area (TPSA) is 50.7 Å². The Hall–Kier alpha value is -2.69. The van der Waals surface area contributed by atoms with Crippen LogP contribution in [0.2, 0.25) is 0 Å². The Morgan fingerprint density at radius 2 is 1.43 bits per heavy atom. The van der Waals surface area contributed by atoms with Gasteiger partial charge in [0.15, 0.2) is 0 Å². The Bertz CT molecular complexity index is 786. The van der Waals surface area contributed by atoms with Gasteiger partial charge in [-0.3, -0.25) is 4.79 Å². The molecule has 0 bridgehead atoms. The predicted octanol–water partition coefficient (Wildman–Crippen LogP) is 6.50. The third kappa shape index (κ3) is 8.76. The van der Waals surface area contributed by atoms with Crippen LogP contribution in [0.5, 0.6) is 5.75 Å². The molecular weight excluding hydrogens is 379 g/mol. The molecule has 4 nitrogen and oxygen atoms in total. The van der Waals surface area contributed by atoms with E-state index in [-0.39, 0.29) is 11.7 Å². The smallest absolute Gasteiger partial charge is 0.271 e. The fourth-order valence-electron chi connectivity index (χ4n) is 3.08. The molecule has 5 heteroatoms. The maximum Gasteiger partial charge on any atom is 0.271 e. The lowest BCUT2D eigenvalue weighted by atomic mass is 10.1. The zero-order valence-electron chi connectivity index (χ0n) is 18.1. The molecule has 0 fully saturated rings. The molecule has 1 N–H and O–H groups in total. The first-order valence-electron chi connectivity index (χ1n) is 10.9. The van der Waals surface area contributed by atoms with Gasteiger partial charge in [-0.2, -0.15) is 5.10 Å². The van der Waals surface area contributed by atoms with Gasteiger partial charge in [-0.25, -0.2) is 9.82 Å². The normalized spacial score (nSPS) is 11.4. The van der Waals surface area contributed by atoms with Gasteiger partial charge in [0.1, 0.15) is 11.6 Å². The first-order chi connectivity index (χ1) is 14.6. The molecule has 0 aromatic heterocycles. The van der Waals surface area contributed by atoms with E-state index in [0.717, 1.165) is 17.7 Å². The summed E-state index contributed by atoms with van der Waals surface area (Å²) in [4.78, 5) is 12.3. The summed E-state index contributed by atoms with van der Waals surface area (Å²) < 4.78 is 18.7. The number of nitrogens with one attached hydrogen (secondary N) is 1. The Morgan fingerprint density at radius 3 is 2.07 bits per heavy atom. The summed E-state index contributed by atoms with van der Waals surface area (Å²) in [6.07, 6.45) is 10.1. The van der Waals surface area contributed by atoms with Gasteiger partial charge < -0.3 is 4.74 Å². The predicted molar refractivity (Wildman–Crippen MR) is 121 cm³/mol. The van der Waals surface area contributed by atoms with Gasteiger partial charge in [0.2, 0.25) is 0 Å². The SMILES string of the molecule is CCCCCCCCCCOc1ccc(C(=O)N/N=C(/C)c2ccc(F)cc2)cc1. The van der Waals surface area contributed by atoms with Gasteiger partial charge >= 0.3 is 0 Å². The fourth-order valence-corrected chi connectivity index (χ4v) is 3.08. The van der Waals surface area contributed by atoms with E-state index in [1.165, 1.54) is 57.1 Å². The second kappa shape index (κ2) is 13.5. The number of amides is 1. The lowest BCUT2D eigenvalue weighted by Gasteiger charge is -2.07. The summed E-state index contributed by atoms with van der Waals surface area (Å²) in [5, 5.41) is 4.09. The van der Waals surface area contributed by atoms with E-state index in [1.807, 2.05) is 0 Å². The van der Waals surface area contributed by atoms with Crippen molar-refractivity contribution in [3.05, 3.63) is 65.5 Å². The van der Waals surface area contributed by atoms with Gasteiger partial charge in [0.05, 0.1) is 12.3 Å². The molecule has 2 aromatic rings. The number of carbonyl (C=O) groups excluding carboxylic acids is 1. The molecule has 2 rings (SSSR count). The van der Waals surface area contributed by atoms with Gasteiger partial charge in [-0.1, -0.05) is 64.0 Å². The van der Waals surface area contributed by atoms with Crippen molar-refractivity contribution in [2.75, 3.05) is 6.61 Å². The van der Waals surface area contributed by atoms with Crippen LogP contribution in [0.1, 0.15) is 81.1 Å². The first kappa shape index (κ1) is 23.6. The van der Waals surface area contributed by atoms with E-state index in [1.54, 1.807) is 43.3 Å². The van der Waals surface area contributed by atoms with Crippen molar-refractivity contribution >= 4 is 11.6 Å². The number of unbranched alkanes of at least 4 members (excludes halogenated alkanes) is 7. The van der Waals surface area contributed by atoms with Crippen molar-refractivity contribution in [1.29, 1.82) is 0 Å². The van der Waals surface area contributed by atoms with Gasteiger partial charge in [0, 0.05) is 5.56 Å². The minimum Gasteiger partial charge on any atom is -0.494 e. The number of rotatable bonds is 13. The van der Waals surface area contributed by atoms with Crippen LogP contribution in [-0.2, 0) is 0 Å². The number of benzene rings is 2. The molecule has 0 saturated heterocycles. The van der Waals surface area contributed by atoms with Crippen LogP contribution in [0.25, 0.3) is 0 Å². The molecule has 1 amide bonds. The highest BCUT2D eigenvalue weighted by molar-refractivity contribution is 6.00. The molecule has 30 heavy (non-hydrogen) atoms. The number of nitrogens with zero attached hydrogens (tertiary/aromatic N) is 1. The Kier molecular flexibility index (Phi) is 10.6. The van der Waals surface area contributed by atoms with E-state index in [0.29, 0.717) is 17.9 Å². The highest BCUT2D eigenvalue weighted by atomic mass is 19.1.